The lowest BCUT2D eigenvalue weighted by Gasteiger charge is -2.56. The normalized spacial score (nSPS) is 24.7. The monoisotopic (exact) mass is 467 g/mol. The molecule has 164 valence electrons. The van der Waals surface area contributed by atoms with Gasteiger partial charge in [-0.1, -0.05) is 24.3 Å². The summed E-state index contributed by atoms with van der Waals surface area (Å²) in [6.45, 7) is 1.56. The minimum atomic E-state index is -1.14. The number of thiophene rings is 1. The Morgan fingerprint density at radius 1 is 1.25 bits per heavy atom. The number of rotatable bonds is 5. The van der Waals surface area contributed by atoms with Crippen LogP contribution in [0.2, 0.25) is 0 Å². The van der Waals surface area contributed by atoms with Gasteiger partial charge in [0.1, 0.15) is 11.4 Å². The van der Waals surface area contributed by atoms with Gasteiger partial charge in [-0.25, -0.2) is 0 Å². The van der Waals surface area contributed by atoms with Gasteiger partial charge in [0.2, 0.25) is 11.8 Å². The van der Waals surface area contributed by atoms with Crippen molar-refractivity contribution in [2.24, 2.45) is 5.41 Å². The summed E-state index contributed by atoms with van der Waals surface area (Å²) in [6.07, 6.45) is 1.93. The van der Waals surface area contributed by atoms with Crippen LogP contribution in [0, 0.1) is 5.41 Å². The molecule has 3 aromatic rings. The number of amides is 2. The Hall–Kier alpha value is -2.91. The average Bonchev–Trinajstić information content (AvgIpc) is 3.31. The molecule has 2 aromatic heterocycles. The number of carbonyl (C=O) groups excluding carboxylic acids is 2. The molecule has 0 saturated carbocycles. The molecule has 0 aliphatic carbocycles. The zero-order valence-electron chi connectivity index (χ0n) is 17.3. The van der Waals surface area contributed by atoms with E-state index >= 15 is 0 Å². The van der Waals surface area contributed by atoms with Crippen molar-refractivity contribution in [1.82, 2.24) is 9.88 Å². The molecule has 2 saturated heterocycles. The molecule has 2 fully saturated rings. The van der Waals surface area contributed by atoms with Crippen molar-refractivity contribution >= 4 is 56.7 Å². The molecule has 2 aliphatic heterocycles. The average molecular weight is 468 g/mol. The summed E-state index contributed by atoms with van der Waals surface area (Å²) in [4.78, 5) is 45.6. The maximum atomic E-state index is 13.1. The first-order chi connectivity index (χ1) is 15.4. The first-order valence-electron chi connectivity index (χ1n) is 10.2. The fraction of sp³-hybridized carbons (Fsp3) is 0.304. The van der Waals surface area contributed by atoms with Gasteiger partial charge in [-0.2, -0.15) is 0 Å². The van der Waals surface area contributed by atoms with Crippen LogP contribution in [0.1, 0.15) is 12.6 Å². The van der Waals surface area contributed by atoms with Gasteiger partial charge in [-0.3, -0.25) is 24.3 Å². The van der Waals surface area contributed by atoms with Gasteiger partial charge in [0.15, 0.2) is 0 Å². The van der Waals surface area contributed by atoms with Gasteiger partial charge in [0.05, 0.1) is 10.4 Å². The van der Waals surface area contributed by atoms with E-state index in [-0.39, 0.29) is 30.2 Å². The number of carboxylic acids is 1. The summed E-state index contributed by atoms with van der Waals surface area (Å²) in [5.74, 6) is -0.992. The summed E-state index contributed by atoms with van der Waals surface area (Å²) in [6, 6.07) is 12.7. The van der Waals surface area contributed by atoms with Crippen molar-refractivity contribution in [3.05, 3.63) is 59.7 Å². The second-order valence-corrected chi connectivity index (χ2v) is 10.2. The second-order valence-electron chi connectivity index (χ2n) is 8.19. The molecule has 7 nitrogen and oxygen atoms in total. The highest BCUT2D eigenvalue weighted by Crippen LogP contribution is 2.46. The zero-order chi connectivity index (χ0) is 22.5. The molecule has 1 N–H and O–H groups in total. The van der Waals surface area contributed by atoms with Crippen molar-refractivity contribution in [1.29, 1.82) is 0 Å². The quantitative estimate of drug-likeness (QED) is 0.580. The summed E-state index contributed by atoms with van der Waals surface area (Å²) in [5.41, 5.74) is -0.416. The minimum Gasteiger partial charge on any atom is -0.481 e. The number of β-lactam (4-membered cyclic amide) rings is 1. The topological polar surface area (TPSA) is 90.8 Å². The number of carboxylic acid groups (broad SMARTS) is 1. The maximum Gasteiger partial charge on any atom is 0.312 e. The van der Waals surface area contributed by atoms with Gasteiger partial charge >= 0.3 is 5.97 Å². The van der Waals surface area contributed by atoms with E-state index in [0.717, 1.165) is 21.5 Å². The standard InChI is InChI=1S/C23H21N3O4S2/c1-14(27)26(18-7-4-10-31-18)19-20(28)25-12-23(22(29)30,13-32-21(19)25)11-17-16-6-3-2-5-15(16)8-9-24-17/h2-10,19,21H,11-13H2,1H3,(H,29,30)/t19?,21-,23?/m1/s1. The first kappa shape index (κ1) is 21.0. The third-order valence-corrected chi connectivity index (χ3v) is 8.63. The molecular formula is C23H21N3O4S2. The van der Waals surface area contributed by atoms with Crippen LogP contribution in [0.5, 0.6) is 0 Å². The highest BCUT2D eigenvalue weighted by molar-refractivity contribution is 8.00. The van der Waals surface area contributed by atoms with Crippen LogP contribution >= 0.6 is 23.1 Å². The van der Waals surface area contributed by atoms with Gasteiger partial charge in [-0.15, -0.1) is 23.1 Å². The van der Waals surface area contributed by atoms with Crippen LogP contribution in [0.3, 0.4) is 0 Å². The summed E-state index contributed by atoms with van der Waals surface area (Å²) < 4.78 is 0. The number of hydrogen-bond acceptors (Lipinski definition) is 6. The number of pyridine rings is 1. The number of hydrogen-bond donors (Lipinski definition) is 1. The SMILES string of the molecule is CC(=O)N(c1cccs1)C1C(=O)N2CC(Cc3nccc4ccccc34)(C(=O)O)CS[C@H]12. The Morgan fingerprint density at radius 2 is 2.06 bits per heavy atom. The number of thioether (sulfide) groups is 1. The van der Waals surface area contributed by atoms with Crippen molar-refractivity contribution in [3.63, 3.8) is 0 Å². The smallest absolute Gasteiger partial charge is 0.312 e. The molecule has 0 spiro atoms. The fourth-order valence-electron chi connectivity index (χ4n) is 4.56. The van der Waals surface area contributed by atoms with Gasteiger partial charge < -0.3 is 10.0 Å². The van der Waals surface area contributed by atoms with Crippen molar-refractivity contribution in [2.45, 2.75) is 24.8 Å². The lowest BCUT2D eigenvalue weighted by atomic mass is 9.81. The van der Waals surface area contributed by atoms with Crippen LogP contribution in [-0.4, -0.2) is 56.5 Å². The number of aliphatic carboxylic acids is 1. The first-order valence-corrected chi connectivity index (χ1v) is 12.2. The Kier molecular flexibility index (Phi) is 5.17. The van der Waals surface area contributed by atoms with Crippen molar-refractivity contribution in [2.75, 3.05) is 17.2 Å². The van der Waals surface area contributed by atoms with E-state index < -0.39 is 17.4 Å². The van der Waals surface area contributed by atoms with E-state index in [9.17, 15) is 19.5 Å². The Balaban J connectivity index is 1.42. The Bertz CT molecular complexity index is 1210. The van der Waals surface area contributed by atoms with Gasteiger partial charge in [0.25, 0.3) is 0 Å². The molecule has 0 radical (unpaired) electrons. The summed E-state index contributed by atoms with van der Waals surface area (Å²) in [7, 11) is 0. The number of anilines is 1. The molecule has 32 heavy (non-hydrogen) atoms. The second kappa shape index (κ2) is 7.90. The van der Waals surface area contributed by atoms with E-state index in [1.165, 1.54) is 30.0 Å². The summed E-state index contributed by atoms with van der Waals surface area (Å²) >= 11 is 2.84. The van der Waals surface area contributed by atoms with Crippen LogP contribution in [0.25, 0.3) is 10.8 Å². The maximum absolute atomic E-state index is 13.1. The Morgan fingerprint density at radius 3 is 2.78 bits per heavy atom. The number of benzene rings is 1. The van der Waals surface area contributed by atoms with E-state index in [2.05, 4.69) is 4.98 Å². The van der Waals surface area contributed by atoms with E-state index in [1.807, 2.05) is 47.8 Å². The number of carbonyl (C=O) groups is 3. The lowest BCUT2D eigenvalue weighted by molar-refractivity contribution is -0.157. The zero-order valence-corrected chi connectivity index (χ0v) is 18.9. The largest absolute Gasteiger partial charge is 0.481 e. The molecule has 4 heterocycles. The molecule has 3 atom stereocenters. The molecule has 2 unspecified atom stereocenters. The molecular weight excluding hydrogens is 446 g/mol. The highest BCUT2D eigenvalue weighted by Gasteiger charge is 2.59. The van der Waals surface area contributed by atoms with E-state index in [0.29, 0.717) is 5.75 Å². The fourth-order valence-corrected chi connectivity index (χ4v) is 6.95. The van der Waals surface area contributed by atoms with Crippen LogP contribution < -0.4 is 4.90 Å². The predicted octanol–water partition coefficient (Wildman–Crippen LogP) is 3.25. The predicted molar refractivity (Wildman–Crippen MR) is 125 cm³/mol. The van der Waals surface area contributed by atoms with Crippen LogP contribution in [0.4, 0.5) is 5.00 Å². The number of nitrogens with zero attached hydrogens (tertiary/aromatic N) is 3. The third kappa shape index (κ3) is 3.27. The van der Waals surface area contributed by atoms with E-state index in [1.54, 1.807) is 16.0 Å². The highest BCUT2D eigenvalue weighted by atomic mass is 32.2. The van der Waals surface area contributed by atoms with Crippen molar-refractivity contribution in [3.8, 4) is 0 Å². The third-order valence-electron chi connectivity index (χ3n) is 6.19. The molecule has 1 aromatic carbocycles. The van der Waals surface area contributed by atoms with Gasteiger partial charge in [-0.05, 0) is 29.0 Å². The molecule has 9 heteroatoms. The van der Waals surface area contributed by atoms with Crippen molar-refractivity contribution < 1.29 is 19.5 Å². The summed E-state index contributed by atoms with van der Waals surface area (Å²) in [5, 5.41) is 14.5. The number of fused-ring (bicyclic) bond motifs is 2. The molecule has 2 amide bonds. The molecule has 2 aliphatic rings. The minimum absolute atomic E-state index is 0.108. The van der Waals surface area contributed by atoms with E-state index in [4.69, 9.17) is 0 Å². The van der Waals surface area contributed by atoms with Crippen LogP contribution in [0.15, 0.2) is 54.0 Å². The van der Waals surface area contributed by atoms with Gasteiger partial charge in [0, 0.05) is 42.9 Å². The lowest BCUT2D eigenvalue weighted by Crippen LogP contribution is -2.74. The Labute approximate surface area is 193 Å². The molecule has 5 rings (SSSR count). The number of aromatic nitrogens is 1. The van der Waals surface area contributed by atoms with Crippen LogP contribution in [-0.2, 0) is 20.8 Å². The molecule has 0 bridgehead atoms.